The van der Waals surface area contributed by atoms with Gasteiger partial charge in [0, 0.05) is 12.5 Å². The van der Waals surface area contributed by atoms with Gasteiger partial charge < -0.3 is 19.3 Å². The normalized spacial score (nSPS) is 22.8. The number of nitrogens with zero attached hydrogens (tertiary/aromatic N) is 2. The van der Waals surface area contributed by atoms with Gasteiger partial charge in [0.2, 0.25) is 5.89 Å². The molecule has 1 aromatic heterocycles. The highest BCUT2D eigenvalue weighted by atomic mass is 19.4. The average Bonchev–Trinajstić information content (AvgIpc) is 3.25. The molecule has 0 radical (unpaired) electrons. The van der Waals surface area contributed by atoms with Crippen LogP contribution in [0.2, 0.25) is 0 Å². The lowest BCUT2D eigenvalue weighted by Crippen LogP contribution is -2.42. The third-order valence-electron chi connectivity index (χ3n) is 4.83. The maximum atomic E-state index is 12.6. The van der Waals surface area contributed by atoms with Gasteiger partial charge in [-0.1, -0.05) is 5.16 Å². The minimum Gasteiger partial charge on any atom is -0.484 e. The van der Waals surface area contributed by atoms with Gasteiger partial charge in [0.25, 0.3) is 5.91 Å². The van der Waals surface area contributed by atoms with Crippen LogP contribution in [0.4, 0.5) is 17.6 Å². The van der Waals surface area contributed by atoms with Crippen molar-refractivity contribution in [3.05, 3.63) is 42.3 Å². The highest BCUT2D eigenvalue weighted by Gasteiger charge is 2.42. The number of nitrogens with one attached hydrogen (secondary N) is 1. The molecule has 176 valence electrons. The topological polar surface area (TPSA) is 95.7 Å². The van der Waals surface area contributed by atoms with Crippen molar-refractivity contribution in [2.45, 2.75) is 50.1 Å². The number of rotatable bonds is 6. The van der Waals surface area contributed by atoms with E-state index in [9.17, 15) is 22.4 Å². The van der Waals surface area contributed by atoms with Crippen LogP contribution in [0.1, 0.15) is 37.5 Å². The Labute approximate surface area is 181 Å². The number of halogens is 4. The first kappa shape index (κ1) is 23.9. The van der Waals surface area contributed by atoms with Crippen LogP contribution in [0.25, 0.3) is 0 Å². The predicted molar refractivity (Wildman–Crippen MR) is 101 cm³/mol. The van der Waals surface area contributed by atoms with E-state index in [-0.39, 0.29) is 43.1 Å². The molecule has 0 bridgehead atoms. The number of carbonyl (C=O) groups excluding carboxylic acids is 1. The summed E-state index contributed by atoms with van der Waals surface area (Å²) in [4.78, 5) is 15.3. The van der Waals surface area contributed by atoms with Crippen LogP contribution in [0.5, 0.6) is 5.75 Å². The number of carbonyl (C=O) groups is 1. The second-order valence-electron chi connectivity index (χ2n) is 7.36. The summed E-state index contributed by atoms with van der Waals surface area (Å²) < 4.78 is 66.9. The summed E-state index contributed by atoms with van der Waals surface area (Å²) in [7, 11) is 0. The predicted octanol–water partition coefficient (Wildman–Crippen LogP) is 3.35. The molecule has 2 fully saturated rings. The van der Waals surface area contributed by atoms with E-state index in [0.29, 0.717) is 18.2 Å². The van der Waals surface area contributed by atoms with Crippen molar-refractivity contribution in [1.29, 1.82) is 0 Å². The van der Waals surface area contributed by atoms with E-state index in [0.717, 1.165) is 19.4 Å². The molecule has 1 unspecified atom stereocenters. The molecule has 32 heavy (non-hydrogen) atoms. The molecule has 2 heterocycles. The minimum atomic E-state index is -4.55. The van der Waals surface area contributed by atoms with Crippen molar-refractivity contribution in [1.82, 2.24) is 15.5 Å². The zero-order chi connectivity index (χ0) is 23.0. The van der Waals surface area contributed by atoms with E-state index in [4.69, 9.17) is 14.0 Å². The maximum absolute atomic E-state index is 12.6. The average molecular weight is 461 g/mol. The zero-order valence-electron chi connectivity index (χ0n) is 17.0. The molecule has 8 nitrogen and oxygen atoms in total. The lowest BCUT2D eigenvalue weighted by atomic mass is 9.82. The van der Waals surface area contributed by atoms with Gasteiger partial charge in [0.1, 0.15) is 11.6 Å². The van der Waals surface area contributed by atoms with Crippen molar-refractivity contribution in [3.8, 4) is 5.75 Å². The smallest absolute Gasteiger partial charge is 0.484 e. The fraction of sp³-hybridized carbons (Fsp3) is 0.550. The molecule has 0 spiro atoms. The summed E-state index contributed by atoms with van der Waals surface area (Å²) in [6.45, 7) is 1.25. The Balaban J connectivity index is 0.000000186. The summed E-state index contributed by atoms with van der Waals surface area (Å²) >= 11 is 0. The van der Waals surface area contributed by atoms with E-state index < -0.39 is 12.5 Å². The molecule has 1 N–H and O–H groups in total. The number of amides is 1. The number of benzene rings is 1. The monoisotopic (exact) mass is 461 g/mol. The van der Waals surface area contributed by atoms with Crippen molar-refractivity contribution < 1.29 is 41.1 Å². The molecule has 1 amide bonds. The fourth-order valence-corrected chi connectivity index (χ4v) is 3.22. The SMILES string of the molecule is FC(F)(F)OC1CC(c2ncno2)C1.O=C(COc1ccc(F)cc1)NC1CCCOC1. The van der Waals surface area contributed by atoms with Crippen LogP contribution in [-0.4, -0.2) is 54.4 Å². The first-order valence-corrected chi connectivity index (χ1v) is 10.0. The van der Waals surface area contributed by atoms with Gasteiger partial charge in [0.05, 0.1) is 18.8 Å². The largest absolute Gasteiger partial charge is 0.522 e. The Morgan fingerprint density at radius 2 is 1.97 bits per heavy atom. The molecule has 2 aromatic rings. The van der Waals surface area contributed by atoms with Gasteiger partial charge in [-0.05, 0) is 49.9 Å². The van der Waals surface area contributed by atoms with Crippen LogP contribution < -0.4 is 10.1 Å². The first-order valence-electron chi connectivity index (χ1n) is 10.0. The third-order valence-corrected chi connectivity index (χ3v) is 4.83. The Morgan fingerprint density at radius 1 is 1.22 bits per heavy atom. The first-order chi connectivity index (χ1) is 15.3. The van der Waals surface area contributed by atoms with Crippen molar-refractivity contribution in [2.24, 2.45) is 0 Å². The van der Waals surface area contributed by atoms with E-state index >= 15 is 0 Å². The van der Waals surface area contributed by atoms with Gasteiger partial charge >= 0.3 is 6.36 Å². The van der Waals surface area contributed by atoms with Gasteiger partial charge in [0.15, 0.2) is 12.9 Å². The fourth-order valence-electron chi connectivity index (χ4n) is 3.22. The summed E-state index contributed by atoms with van der Waals surface area (Å²) in [6, 6.07) is 5.64. The highest BCUT2D eigenvalue weighted by molar-refractivity contribution is 5.77. The Morgan fingerprint density at radius 3 is 2.56 bits per heavy atom. The van der Waals surface area contributed by atoms with Crippen LogP contribution in [0.3, 0.4) is 0 Å². The number of alkyl halides is 3. The molecule has 4 rings (SSSR count). The lowest BCUT2D eigenvalue weighted by Gasteiger charge is -2.32. The summed E-state index contributed by atoms with van der Waals surface area (Å²) in [5.41, 5.74) is 0. The second kappa shape index (κ2) is 11.2. The van der Waals surface area contributed by atoms with Crippen molar-refractivity contribution in [2.75, 3.05) is 19.8 Å². The van der Waals surface area contributed by atoms with Gasteiger partial charge in [-0.25, -0.2) is 4.39 Å². The Kier molecular flexibility index (Phi) is 8.39. The molecule has 1 aromatic carbocycles. The number of hydrogen-bond donors (Lipinski definition) is 1. The standard InChI is InChI=1S/C13H16FNO3.C7H7F3N2O2/c14-10-3-5-12(6-4-10)18-9-13(16)15-11-2-1-7-17-8-11;8-7(9,10)13-5-1-4(2-5)6-11-3-12-14-6/h3-6,11H,1-2,7-9H2,(H,15,16);3-5H,1-2H2. The van der Waals surface area contributed by atoms with Crippen molar-refractivity contribution >= 4 is 5.91 Å². The van der Waals surface area contributed by atoms with Crippen LogP contribution in [0.15, 0.2) is 35.1 Å². The van der Waals surface area contributed by atoms with Crippen LogP contribution >= 0.6 is 0 Å². The molecule has 2 aliphatic rings. The number of aromatic nitrogens is 2. The minimum absolute atomic E-state index is 0.0673. The molecule has 1 aliphatic heterocycles. The summed E-state index contributed by atoms with van der Waals surface area (Å²) in [6.07, 6.45) is -1.64. The molecule has 1 atom stereocenters. The van der Waals surface area contributed by atoms with E-state index in [1.807, 2.05) is 0 Å². The van der Waals surface area contributed by atoms with Crippen LogP contribution in [0, 0.1) is 5.82 Å². The number of ether oxygens (including phenoxy) is 3. The molecule has 1 saturated carbocycles. The third kappa shape index (κ3) is 8.08. The van der Waals surface area contributed by atoms with Gasteiger partial charge in [-0.15, -0.1) is 13.2 Å². The molecule has 12 heteroatoms. The second-order valence-corrected chi connectivity index (χ2v) is 7.36. The quantitative estimate of drug-likeness (QED) is 0.659. The Hall–Kier alpha value is -2.73. The molecular weight excluding hydrogens is 438 g/mol. The van der Waals surface area contributed by atoms with E-state index in [2.05, 4.69) is 20.2 Å². The molecule has 1 saturated heterocycles. The van der Waals surface area contributed by atoms with E-state index in [1.54, 1.807) is 0 Å². The van der Waals surface area contributed by atoms with Gasteiger partial charge in [-0.3, -0.25) is 9.53 Å². The lowest BCUT2D eigenvalue weighted by molar-refractivity contribution is -0.352. The highest BCUT2D eigenvalue weighted by Crippen LogP contribution is 2.40. The summed E-state index contributed by atoms with van der Waals surface area (Å²) in [5, 5.41) is 6.21. The maximum Gasteiger partial charge on any atom is 0.522 e. The van der Waals surface area contributed by atoms with Gasteiger partial charge in [-0.2, -0.15) is 4.98 Å². The zero-order valence-corrected chi connectivity index (χ0v) is 17.0. The summed E-state index contributed by atoms with van der Waals surface area (Å²) in [5.74, 6) is 0.254. The van der Waals surface area contributed by atoms with Crippen LogP contribution in [-0.2, 0) is 14.3 Å². The Bertz CT molecular complexity index is 821. The molecular formula is C20H23F4N3O5. The molecule has 1 aliphatic carbocycles. The van der Waals surface area contributed by atoms with E-state index in [1.165, 1.54) is 30.6 Å². The van der Waals surface area contributed by atoms with Crippen molar-refractivity contribution in [3.63, 3.8) is 0 Å². The number of hydrogen-bond acceptors (Lipinski definition) is 7.